The molecule has 0 saturated carbocycles. The van der Waals surface area contributed by atoms with Gasteiger partial charge in [0, 0.05) is 6.92 Å². The molecule has 0 aliphatic rings. The summed E-state index contributed by atoms with van der Waals surface area (Å²) in [7, 11) is 0. The first kappa shape index (κ1) is 36.2. The smallest absolute Gasteiger partial charge is 0.263 e. The highest BCUT2D eigenvalue weighted by Crippen LogP contribution is 2.31. The molecular formula is C29H43N9O4S3. The number of primary amides is 1. The standard InChI is InChI=1S/C29H43N9O4S3/c1-14(21-24(27(32)40)43-17(4)36-21)33-28(41)25-22(38-20(45-25)11-7-9-13-31)15(2)34-29(42)26-23(37-18(5)44-26)19(35-16(3)39)10-6-8-12-30/h14-15,19H,6-13,30-31H2,1-5H3,(H2,32,40)(H,33,41)(H,34,42)(H,35,39)/t14-,15-,19-/m0/s1. The van der Waals surface area contributed by atoms with Gasteiger partial charge in [-0.2, -0.15) is 0 Å². The van der Waals surface area contributed by atoms with Crippen LogP contribution in [0.2, 0.25) is 0 Å². The van der Waals surface area contributed by atoms with E-state index in [4.69, 9.17) is 22.2 Å². The molecule has 0 fully saturated rings. The summed E-state index contributed by atoms with van der Waals surface area (Å²) in [5.74, 6) is -1.60. The van der Waals surface area contributed by atoms with Crippen molar-refractivity contribution in [2.75, 3.05) is 13.1 Å². The van der Waals surface area contributed by atoms with E-state index in [-0.39, 0.29) is 11.8 Å². The third-order valence-corrected chi connectivity index (χ3v) is 9.99. The topological polar surface area (TPSA) is 221 Å². The Morgan fingerprint density at radius 1 is 0.711 bits per heavy atom. The monoisotopic (exact) mass is 677 g/mol. The van der Waals surface area contributed by atoms with Crippen molar-refractivity contribution in [3.63, 3.8) is 0 Å². The van der Waals surface area contributed by atoms with Gasteiger partial charge in [0.1, 0.15) is 14.6 Å². The number of hydrogen-bond donors (Lipinski definition) is 6. The molecule has 3 aromatic heterocycles. The number of aryl methyl sites for hydroxylation is 3. The van der Waals surface area contributed by atoms with Crippen LogP contribution < -0.4 is 33.2 Å². The summed E-state index contributed by atoms with van der Waals surface area (Å²) in [4.78, 5) is 66.1. The lowest BCUT2D eigenvalue weighted by Crippen LogP contribution is -2.32. The predicted molar refractivity (Wildman–Crippen MR) is 178 cm³/mol. The second-order valence-corrected chi connectivity index (χ2v) is 14.2. The zero-order valence-corrected chi connectivity index (χ0v) is 28.8. The Morgan fingerprint density at radius 3 is 1.78 bits per heavy atom. The van der Waals surface area contributed by atoms with Crippen LogP contribution in [0.4, 0.5) is 0 Å². The number of nitrogens with one attached hydrogen (secondary N) is 3. The van der Waals surface area contributed by atoms with E-state index in [9.17, 15) is 19.2 Å². The normalized spacial score (nSPS) is 13.2. The van der Waals surface area contributed by atoms with Crippen molar-refractivity contribution >= 4 is 57.6 Å². The molecule has 0 radical (unpaired) electrons. The van der Waals surface area contributed by atoms with Crippen LogP contribution in [-0.2, 0) is 11.2 Å². The van der Waals surface area contributed by atoms with Gasteiger partial charge in [-0.05, 0) is 79.3 Å². The largest absolute Gasteiger partial charge is 0.365 e. The molecule has 9 N–H and O–H groups in total. The summed E-state index contributed by atoms with van der Waals surface area (Å²) in [5.41, 5.74) is 18.2. The van der Waals surface area contributed by atoms with E-state index < -0.39 is 29.9 Å². The Labute approximate surface area is 275 Å². The Hall–Kier alpha value is -3.31. The highest BCUT2D eigenvalue weighted by Gasteiger charge is 2.29. The maximum absolute atomic E-state index is 13.7. The van der Waals surface area contributed by atoms with Gasteiger partial charge in [-0.1, -0.05) is 0 Å². The molecule has 0 saturated heterocycles. The van der Waals surface area contributed by atoms with Gasteiger partial charge in [0.05, 0.1) is 50.2 Å². The van der Waals surface area contributed by atoms with E-state index in [1.54, 1.807) is 20.8 Å². The van der Waals surface area contributed by atoms with Crippen LogP contribution in [0.5, 0.6) is 0 Å². The van der Waals surface area contributed by atoms with Crippen LogP contribution in [0.1, 0.15) is 132 Å². The molecule has 0 aliphatic carbocycles. The first-order valence-corrected chi connectivity index (χ1v) is 17.3. The lowest BCUT2D eigenvalue weighted by atomic mass is 10.0. The van der Waals surface area contributed by atoms with Gasteiger partial charge in [-0.15, -0.1) is 34.0 Å². The zero-order chi connectivity index (χ0) is 33.3. The molecule has 3 atom stereocenters. The minimum absolute atomic E-state index is 0.219. The van der Waals surface area contributed by atoms with Crippen LogP contribution in [0.25, 0.3) is 0 Å². The van der Waals surface area contributed by atoms with Gasteiger partial charge in [0.2, 0.25) is 5.91 Å². The third-order valence-electron chi connectivity index (χ3n) is 6.87. The van der Waals surface area contributed by atoms with Gasteiger partial charge in [0.15, 0.2) is 0 Å². The van der Waals surface area contributed by atoms with E-state index in [0.29, 0.717) is 67.7 Å². The van der Waals surface area contributed by atoms with Crippen molar-refractivity contribution in [3.8, 4) is 0 Å². The maximum atomic E-state index is 13.7. The molecule has 45 heavy (non-hydrogen) atoms. The fraction of sp³-hybridized carbons (Fsp3) is 0.552. The molecule has 4 amide bonds. The molecule has 3 aromatic rings. The number of unbranched alkanes of at least 4 members (excludes halogenated alkanes) is 2. The number of thiazole rings is 3. The molecule has 3 rings (SSSR count). The summed E-state index contributed by atoms with van der Waals surface area (Å²) in [5, 5.41) is 11.0. The number of rotatable bonds is 17. The number of hydrogen-bond acceptors (Lipinski definition) is 12. The molecule has 0 unspecified atom stereocenters. The first-order chi connectivity index (χ1) is 21.4. The van der Waals surface area contributed by atoms with Gasteiger partial charge < -0.3 is 33.2 Å². The number of nitrogens with two attached hydrogens (primary N) is 3. The minimum Gasteiger partial charge on any atom is -0.365 e. The third kappa shape index (κ3) is 9.84. The van der Waals surface area contributed by atoms with E-state index in [0.717, 1.165) is 30.7 Å². The van der Waals surface area contributed by atoms with Crippen LogP contribution in [0.3, 0.4) is 0 Å². The van der Waals surface area contributed by atoms with Crippen molar-refractivity contribution in [1.29, 1.82) is 0 Å². The minimum atomic E-state index is -0.637. The van der Waals surface area contributed by atoms with Gasteiger partial charge >= 0.3 is 0 Å². The molecule has 0 bridgehead atoms. The van der Waals surface area contributed by atoms with Crippen molar-refractivity contribution < 1.29 is 19.2 Å². The van der Waals surface area contributed by atoms with Crippen LogP contribution >= 0.6 is 34.0 Å². The Kier molecular flexibility index (Phi) is 13.5. The molecule has 0 spiro atoms. The number of aromatic nitrogens is 3. The summed E-state index contributed by atoms with van der Waals surface area (Å²) < 4.78 is 0. The average molecular weight is 678 g/mol. The number of carbonyl (C=O) groups is 4. The second kappa shape index (κ2) is 16.8. The zero-order valence-electron chi connectivity index (χ0n) is 26.3. The Bertz CT molecular complexity index is 1500. The van der Waals surface area contributed by atoms with E-state index >= 15 is 0 Å². The fourth-order valence-corrected chi connectivity index (χ4v) is 7.65. The Balaban J connectivity index is 1.89. The van der Waals surface area contributed by atoms with Crippen molar-refractivity contribution in [2.24, 2.45) is 17.2 Å². The maximum Gasteiger partial charge on any atom is 0.263 e. The average Bonchev–Trinajstić information content (AvgIpc) is 3.69. The molecule has 246 valence electrons. The van der Waals surface area contributed by atoms with Crippen molar-refractivity contribution in [1.82, 2.24) is 30.9 Å². The molecule has 13 nitrogen and oxygen atoms in total. The fourth-order valence-electron chi connectivity index (χ4n) is 4.79. The second-order valence-electron chi connectivity index (χ2n) is 10.8. The molecule has 0 aromatic carbocycles. The van der Waals surface area contributed by atoms with Gasteiger partial charge in [-0.25, -0.2) is 15.0 Å². The van der Waals surface area contributed by atoms with Gasteiger partial charge in [0.25, 0.3) is 17.7 Å². The summed E-state index contributed by atoms with van der Waals surface area (Å²) in [6.45, 7) is 9.59. The SMILES string of the molecule is CC(=O)N[C@@H](CCCCN)c1nc(C)sc1C(=O)N[C@@H](C)c1nc(CCCCN)sc1C(=O)N[C@@H](C)c1nc(C)sc1C(N)=O. The molecule has 3 heterocycles. The molecule has 0 aliphatic heterocycles. The quantitative estimate of drug-likeness (QED) is 0.115. The highest BCUT2D eigenvalue weighted by atomic mass is 32.1. The molecule has 16 heteroatoms. The lowest BCUT2D eigenvalue weighted by molar-refractivity contribution is -0.119. The highest BCUT2D eigenvalue weighted by molar-refractivity contribution is 7.14. The summed E-state index contributed by atoms with van der Waals surface area (Å²) in [6, 6.07) is -1.67. The summed E-state index contributed by atoms with van der Waals surface area (Å²) in [6.07, 6.45) is 4.39. The lowest BCUT2D eigenvalue weighted by Gasteiger charge is -2.19. The van der Waals surface area contributed by atoms with Crippen molar-refractivity contribution in [3.05, 3.63) is 46.7 Å². The van der Waals surface area contributed by atoms with E-state index in [2.05, 4.69) is 25.9 Å². The molecular weight excluding hydrogens is 635 g/mol. The number of amides is 4. The van der Waals surface area contributed by atoms with Crippen LogP contribution in [-0.4, -0.2) is 51.7 Å². The van der Waals surface area contributed by atoms with Crippen molar-refractivity contribution in [2.45, 2.75) is 91.3 Å². The Morgan fingerprint density at radius 2 is 1.22 bits per heavy atom. The predicted octanol–water partition coefficient (Wildman–Crippen LogP) is 3.34. The first-order valence-electron chi connectivity index (χ1n) is 14.9. The number of carbonyl (C=O) groups excluding carboxylic acids is 4. The van der Waals surface area contributed by atoms with E-state index in [1.165, 1.54) is 40.9 Å². The van der Waals surface area contributed by atoms with Crippen LogP contribution in [0, 0.1) is 13.8 Å². The van der Waals surface area contributed by atoms with Gasteiger partial charge in [-0.3, -0.25) is 19.2 Å². The number of nitrogens with zero attached hydrogens (tertiary/aromatic N) is 3. The van der Waals surface area contributed by atoms with Crippen LogP contribution in [0.15, 0.2) is 0 Å². The van der Waals surface area contributed by atoms with E-state index in [1.807, 2.05) is 6.92 Å². The summed E-state index contributed by atoms with van der Waals surface area (Å²) >= 11 is 3.68.